The zero-order valence-corrected chi connectivity index (χ0v) is 13.3. The Morgan fingerprint density at radius 2 is 2.10 bits per heavy atom. The zero-order valence-electron chi connectivity index (χ0n) is 11.7. The minimum Gasteiger partial charge on any atom is -0.445 e. The Kier molecular flexibility index (Phi) is 5.00. The number of hydrogen-bond acceptors (Lipinski definition) is 5. The molecule has 21 heavy (non-hydrogen) atoms. The van der Waals surface area contributed by atoms with Gasteiger partial charge in [-0.2, -0.15) is 0 Å². The zero-order chi connectivity index (χ0) is 15.5. The van der Waals surface area contributed by atoms with Gasteiger partial charge in [0.25, 0.3) is 0 Å². The van der Waals surface area contributed by atoms with Crippen molar-refractivity contribution in [1.82, 2.24) is 15.0 Å². The molecule has 0 aliphatic heterocycles. The second kappa shape index (κ2) is 6.57. The fraction of sp³-hybridized carbons (Fsp3) is 0.308. The molecule has 1 aromatic carbocycles. The summed E-state index contributed by atoms with van der Waals surface area (Å²) in [6, 6.07) is 4.63. The number of benzene rings is 1. The molecule has 0 bridgehead atoms. The summed E-state index contributed by atoms with van der Waals surface area (Å²) in [7, 11) is -1.87. The van der Waals surface area contributed by atoms with Crippen LogP contribution in [0.2, 0.25) is 5.02 Å². The molecule has 8 heteroatoms. The van der Waals surface area contributed by atoms with Gasteiger partial charge in [-0.1, -0.05) is 17.7 Å². The number of aromatic nitrogens is 1. The van der Waals surface area contributed by atoms with Gasteiger partial charge in [-0.05, 0) is 31.7 Å². The highest BCUT2D eigenvalue weighted by Crippen LogP contribution is 2.21. The minimum absolute atomic E-state index is 0.00788. The van der Waals surface area contributed by atoms with Crippen LogP contribution in [-0.2, 0) is 23.1 Å². The summed E-state index contributed by atoms with van der Waals surface area (Å²) in [6.07, 6.45) is 1.53. The topological polar surface area (TPSA) is 84.2 Å². The van der Waals surface area contributed by atoms with Crippen molar-refractivity contribution in [2.45, 2.75) is 24.9 Å². The molecule has 0 unspecified atom stereocenters. The van der Waals surface area contributed by atoms with E-state index < -0.39 is 10.0 Å². The Morgan fingerprint density at radius 3 is 2.67 bits per heavy atom. The first kappa shape index (κ1) is 16.0. The highest BCUT2D eigenvalue weighted by Gasteiger charge is 2.16. The molecule has 0 aliphatic rings. The summed E-state index contributed by atoms with van der Waals surface area (Å²) in [5, 5.41) is 3.36. The molecule has 1 aromatic heterocycles. The third-order valence-electron chi connectivity index (χ3n) is 2.78. The molecular weight excluding hydrogens is 314 g/mol. The predicted octanol–water partition coefficient (Wildman–Crippen LogP) is 1.83. The lowest BCUT2D eigenvalue weighted by molar-refractivity contribution is 0.463. The van der Waals surface area contributed by atoms with Crippen molar-refractivity contribution < 1.29 is 12.8 Å². The van der Waals surface area contributed by atoms with Crippen molar-refractivity contribution in [3.63, 3.8) is 0 Å². The van der Waals surface area contributed by atoms with E-state index in [4.69, 9.17) is 16.0 Å². The maximum absolute atomic E-state index is 12.2. The molecule has 0 radical (unpaired) electrons. The molecule has 2 aromatic rings. The van der Waals surface area contributed by atoms with Crippen LogP contribution in [0.25, 0.3) is 0 Å². The Hall–Kier alpha value is -1.41. The molecular formula is C13H16ClN3O3S. The van der Waals surface area contributed by atoms with Gasteiger partial charge in [-0.3, -0.25) is 0 Å². The van der Waals surface area contributed by atoms with Crippen molar-refractivity contribution in [2.24, 2.45) is 0 Å². The van der Waals surface area contributed by atoms with Crippen LogP contribution in [-0.4, -0.2) is 20.4 Å². The van der Waals surface area contributed by atoms with Crippen LogP contribution >= 0.6 is 11.6 Å². The molecule has 0 spiro atoms. The number of halogens is 1. The average molecular weight is 330 g/mol. The van der Waals surface area contributed by atoms with Crippen LogP contribution < -0.4 is 10.0 Å². The number of sulfonamides is 1. The van der Waals surface area contributed by atoms with Crippen LogP contribution in [0.4, 0.5) is 0 Å². The Bertz CT molecular complexity index is 728. The van der Waals surface area contributed by atoms with Gasteiger partial charge in [-0.15, -0.1) is 0 Å². The second-order valence-corrected chi connectivity index (χ2v) is 6.65. The summed E-state index contributed by atoms with van der Waals surface area (Å²) in [6.45, 7) is 2.31. The summed E-state index contributed by atoms with van der Waals surface area (Å²) in [5.41, 5.74) is 0.835. The first-order valence-corrected chi connectivity index (χ1v) is 8.12. The fourth-order valence-corrected chi connectivity index (χ4v) is 3.06. The second-order valence-electron chi connectivity index (χ2n) is 4.47. The Morgan fingerprint density at radius 1 is 1.33 bits per heavy atom. The summed E-state index contributed by atoms with van der Waals surface area (Å²) < 4.78 is 32.0. The van der Waals surface area contributed by atoms with Crippen molar-refractivity contribution >= 4 is 21.6 Å². The van der Waals surface area contributed by atoms with E-state index in [1.807, 2.05) is 0 Å². The Labute approximate surface area is 128 Å². The van der Waals surface area contributed by atoms with E-state index in [1.165, 1.54) is 18.3 Å². The summed E-state index contributed by atoms with van der Waals surface area (Å²) in [4.78, 5) is 4.05. The van der Waals surface area contributed by atoms with Gasteiger partial charge in [0, 0.05) is 11.6 Å². The van der Waals surface area contributed by atoms with E-state index in [0.29, 0.717) is 23.2 Å². The van der Waals surface area contributed by atoms with Crippen molar-refractivity contribution in [2.75, 3.05) is 7.05 Å². The van der Waals surface area contributed by atoms with Gasteiger partial charge in [0.05, 0.1) is 17.6 Å². The quantitative estimate of drug-likeness (QED) is 0.844. The van der Waals surface area contributed by atoms with E-state index in [2.05, 4.69) is 15.0 Å². The third-order valence-corrected chi connectivity index (χ3v) is 4.54. The molecule has 0 saturated carbocycles. The number of oxazole rings is 1. The SMILES string of the molecule is CNCc1ccc(S(=O)(=O)NCc2ncc(C)o2)cc1Cl. The number of nitrogens with one attached hydrogen (secondary N) is 2. The molecule has 0 aliphatic carbocycles. The van der Waals surface area contributed by atoms with Gasteiger partial charge >= 0.3 is 0 Å². The van der Waals surface area contributed by atoms with Crippen LogP contribution in [0.1, 0.15) is 17.2 Å². The lowest BCUT2D eigenvalue weighted by Gasteiger charge is -2.08. The molecule has 1 heterocycles. The third kappa shape index (κ3) is 4.04. The van der Waals surface area contributed by atoms with Gasteiger partial charge in [0.1, 0.15) is 5.76 Å². The Balaban J connectivity index is 2.13. The largest absolute Gasteiger partial charge is 0.445 e. The van der Waals surface area contributed by atoms with Crippen LogP contribution in [0.15, 0.2) is 33.7 Å². The predicted molar refractivity (Wildman–Crippen MR) is 79.5 cm³/mol. The smallest absolute Gasteiger partial charge is 0.241 e. The first-order chi connectivity index (χ1) is 9.92. The van der Waals surface area contributed by atoms with E-state index in [9.17, 15) is 8.42 Å². The highest BCUT2D eigenvalue weighted by atomic mass is 35.5. The molecule has 114 valence electrons. The molecule has 0 atom stereocenters. The maximum atomic E-state index is 12.2. The van der Waals surface area contributed by atoms with Crippen LogP contribution in [0.3, 0.4) is 0 Å². The van der Waals surface area contributed by atoms with E-state index in [1.54, 1.807) is 20.0 Å². The highest BCUT2D eigenvalue weighted by molar-refractivity contribution is 7.89. The normalized spacial score (nSPS) is 11.8. The van der Waals surface area contributed by atoms with Crippen molar-refractivity contribution in [3.05, 3.63) is 46.6 Å². The fourth-order valence-electron chi connectivity index (χ4n) is 1.75. The van der Waals surface area contributed by atoms with Gasteiger partial charge < -0.3 is 9.73 Å². The first-order valence-electron chi connectivity index (χ1n) is 6.26. The lowest BCUT2D eigenvalue weighted by Crippen LogP contribution is -2.23. The molecule has 6 nitrogen and oxygen atoms in total. The van der Waals surface area contributed by atoms with Crippen molar-refractivity contribution in [3.8, 4) is 0 Å². The number of hydrogen-bond donors (Lipinski definition) is 2. The standard InChI is InChI=1S/C13H16ClN3O3S/c1-9-6-16-13(20-9)8-17-21(18,19)11-4-3-10(7-15-2)12(14)5-11/h3-6,15,17H,7-8H2,1-2H3. The van der Waals surface area contributed by atoms with Crippen molar-refractivity contribution in [1.29, 1.82) is 0 Å². The van der Waals surface area contributed by atoms with Crippen LogP contribution in [0.5, 0.6) is 0 Å². The maximum Gasteiger partial charge on any atom is 0.241 e. The average Bonchev–Trinajstić information content (AvgIpc) is 2.85. The van der Waals surface area contributed by atoms with Gasteiger partial charge in [-0.25, -0.2) is 18.1 Å². The molecule has 0 fully saturated rings. The summed E-state index contributed by atoms with van der Waals surface area (Å²) >= 11 is 6.07. The van der Waals surface area contributed by atoms with E-state index in [-0.39, 0.29) is 11.4 Å². The van der Waals surface area contributed by atoms with E-state index in [0.717, 1.165) is 5.56 Å². The molecule has 0 amide bonds. The summed E-state index contributed by atoms with van der Waals surface area (Å²) in [5.74, 6) is 0.942. The minimum atomic E-state index is -3.66. The van der Waals surface area contributed by atoms with Gasteiger partial charge in [0.2, 0.25) is 15.9 Å². The van der Waals surface area contributed by atoms with Crippen LogP contribution in [0, 0.1) is 6.92 Å². The monoisotopic (exact) mass is 329 g/mol. The molecule has 0 saturated heterocycles. The molecule has 2 rings (SSSR count). The number of nitrogens with zero attached hydrogens (tertiary/aromatic N) is 1. The number of aryl methyl sites for hydroxylation is 1. The number of rotatable bonds is 6. The lowest BCUT2D eigenvalue weighted by atomic mass is 10.2. The van der Waals surface area contributed by atoms with Gasteiger partial charge in [0.15, 0.2) is 0 Å². The molecule has 2 N–H and O–H groups in total. The van der Waals surface area contributed by atoms with E-state index >= 15 is 0 Å².